The Morgan fingerprint density at radius 3 is 2.26 bits per heavy atom. The Morgan fingerprint density at radius 2 is 1.78 bits per heavy atom. The Hall–Kier alpha value is -0.820. The summed E-state index contributed by atoms with van der Waals surface area (Å²) in [6, 6.07) is 0. The molecule has 2 saturated carbocycles. The second kappa shape index (κ2) is 7.54. The average Bonchev–Trinajstić information content (AvgIpc) is 2.55. The lowest BCUT2D eigenvalue weighted by atomic mass is 9.42. The highest BCUT2D eigenvalue weighted by Gasteiger charge is 2.67. The highest BCUT2D eigenvalue weighted by molar-refractivity contribution is 5.95. The summed E-state index contributed by atoms with van der Waals surface area (Å²) < 4.78 is 0. The van der Waals surface area contributed by atoms with E-state index in [1.807, 2.05) is 13.8 Å². The molecule has 6 nitrogen and oxygen atoms in total. The van der Waals surface area contributed by atoms with Crippen LogP contribution < -0.4 is 0 Å². The first-order valence-electron chi connectivity index (χ1n) is 10.1. The van der Waals surface area contributed by atoms with Crippen LogP contribution in [0.15, 0.2) is 0 Å². The number of carbonyl (C=O) groups excluding carboxylic acids is 2. The monoisotopic (exact) mass is 384 g/mol. The maximum Gasteiger partial charge on any atom is 0.167 e. The van der Waals surface area contributed by atoms with Gasteiger partial charge in [-0.3, -0.25) is 9.59 Å². The van der Waals surface area contributed by atoms with Gasteiger partial charge in [0.05, 0.1) is 5.60 Å². The van der Waals surface area contributed by atoms with Gasteiger partial charge in [-0.05, 0) is 44.4 Å². The van der Waals surface area contributed by atoms with Crippen LogP contribution in [0.25, 0.3) is 0 Å². The second-order valence-corrected chi connectivity index (χ2v) is 9.53. The van der Waals surface area contributed by atoms with E-state index in [2.05, 4.69) is 0 Å². The Balaban J connectivity index is 2.70. The van der Waals surface area contributed by atoms with E-state index in [1.165, 1.54) is 6.92 Å². The van der Waals surface area contributed by atoms with Crippen LogP contribution in [0.4, 0.5) is 0 Å². The molecule has 0 aliphatic heterocycles. The summed E-state index contributed by atoms with van der Waals surface area (Å²) in [7, 11) is 0. The van der Waals surface area contributed by atoms with E-state index in [-0.39, 0.29) is 49.5 Å². The standard InChI is InChI=1S/C21H36O6/c1-6-13(11-23)17-20(4,15(24)7-8-22)16-12(2)9-19(3,26)10-14(16)18(25)21(17,5)27/h12-14,16-17,22-23,26-27H,6-11H2,1-5H3/t12-,13+,14+,16+,17-,19-,20-,21+/m1/s1. The van der Waals surface area contributed by atoms with Gasteiger partial charge in [-0.2, -0.15) is 0 Å². The third kappa shape index (κ3) is 3.50. The maximum atomic E-state index is 13.3. The van der Waals surface area contributed by atoms with Crippen molar-refractivity contribution in [2.45, 2.75) is 71.5 Å². The van der Waals surface area contributed by atoms with E-state index < -0.39 is 34.4 Å². The van der Waals surface area contributed by atoms with Crippen LogP contribution in [0.1, 0.15) is 60.3 Å². The van der Waals surface area contributed by atoms with Crippen molar-refractivity contribution in [3.05, 3.63) is 0 Å². The van der Waals surface area contributed by atoms with Crippen molar-refractivity contribution in [1.29, 1.82) is 0 Å². The highest BCUT2D eigenvalue weighted by atomic mass is 16.3. The van der Waals surface area contributed by atoms with Gasteiger partial charge in [0.1, 0.15) is 11.4 Å². The van der Waals surface area contributed by atoms with Gasteiger partial charge in [-0.25, -0.2) is 0 Å². The number of hydrogen-bond acceptors (Lipinski definition) is 6. The van der Waals surface area contributed by atoms with Gasteiger partial charge in [0, 0.05) is 36.9 Å². The second-order valence-electron chi connectivity index (χ2n) is 9.53. The number of aliphatic hydroxyl groups excluding tert-OH is 2. The summed E-state index contributed by atoms with van der Waals surface area (Å²) in [6.07, 6.45) is 1.15. The first kappa shape index (κ1) is 22.5. The van der Waals surface area contributed by atoms with E-state index in [1.54, 1.807) is 13.8 Å². The van der Waals surface area contributed by atoms with Crippen molar-refractivity contribution < 1.29 is 30.0 Å². The first-order valence-corrected chi connectivity index (χ1v) is 10.1. The molecule has 2 fully saturated rings. The molecule has 0 aromatic rings. The molecular weight excluding hydrogens is 348 g/mol. The zero-order valence-electron chi connectivity index (χ0n) is 17.2. The van der Waals surface area contributed by atoms with Crippen molar-refractivity contribution in [2.24, 2.45) is 35.0 Å². The number of Topliss-reactive ketones (excluding diaryl/α,β-unsaturated/α-hetero) is 2. The molecule has 0 spiro atoms. The summed E-state index contributed by atoms with van der Waals surface area (Å²) in [5.74, 6) is -2.74. The van der Waals surface area contributed by atoms with E-state index >= 15 is 0 Å². The lowest BCUT2D eigenvalue weighted by molar-refractivity contribution is -0.207. The Kier molecular flexibility index (Phi) is 6.28. The first-order chi connectivity index (χ1) is 12.4. The zero-order chi connectivity index (χ0) is 20.8. The summed E-state index contributed by atoms with van der Waals surface area (Å²) in [5, 5.41) is 41.4. The lowest BCUT2D eigenvalue weighted by Gasteiger charge is -2.61. The molecule has 0 aromatic heterocycles. The van der Waals surface area contributed by atoms with E-state index in [4.69, 9.17) is 0 Å². The maximum absolute atomic E-state index is 13.3. The zero-order valence-corrected chi connectivity index (χ0v) is 17.2. The Labute approximate surface area is 162 Å². The molecule has 0 heterocycles. The number of ketones is 2. The minimum Gasteiger partial charge on any atom is -0.396 e. The van der Waals surface area contributed by atoms with E-state index in [0.717, 1.165) is 0 Å². The van der Waals surface area contributed by atoms with Gasteiger partial charge in [0.25, 0.3) is 0 Å². The molecule has 0 aromatic carbocycles. The van der Waals surface area contributed by atoms with Crippen LogP contribution in [0, 0.1) is 35.0 Å². The van der Waals surface area contributed by atoms with Crippen LogP contribution in [-0.2, 0) is 9.59 Å². The minimum absolute atomic E-state index is 0.0501. The van der Waals surface area contributed by atoms with Gasteiger partial charge < -0.3 is 20.4 Å². The van der Waals surface area contributed by atoms with Gasteiger partial charge in [-0.15, -0.1) is 0 Å². The van der Waals surface area contributed by atoms with Gasteiger partial charge in [-0.1, -0.05) is 27.2 Å². The molecule has 0 bridgehead atoms. The molecule has 6 heteroatoms. The fourth-order valence-electron chi connectivity index (χ4n) is 6.63. The lowest BCUT2D eigenvalue weighted by Crippen LogP contribution is -2.69. The number of hydrogen-bond donors (Lipinski definition) is 4. The normalized spacial score (nSPS) is 46.0. The van der Waals surface area contributed by atoms with Crippen LogP contribution in [0.5, 0.6) is 0 Å². The predicted molar refractivity (Wildman–Crippen MR) is 101 cm³/mol. The molecule has 0 amide bonds. The summed E-state index contributed by atoms with van der Waals surface area (Å²) in [5.41, 5.74) is -3.87. The molecule has 0 radical (unpaired) electrons. The molecular formula is C21H36O6. The molecule has 0 saturated heterocycles. The van der Waals surface area contributed by atoms with Crippen LogP contribution in [-0.4, -0.2) is 56.4 Å². The summed E-state index contributed by atoms with van der Waals surface area (Å²) in [6.45, 7) is 8.24. The number of rotatable bonds is 6. The molecule has 4 N–H and O–H groups in total. The predicted octanol–water partition coefficient (Wildman–Crippen LogP) is 1.33. The minimum atomic E-state index is -1.78. The molecule has 0 unspecified atom stereocenters. The van der Waals surface area contributed by atoms with E-state index in [0.29, 0.717) is 12.8 Å². The number of fused-ring (bicyclic) bond motifs is 1. The quantitative estimate of drug-likeness (QED) is 0.549. The fourth-order valence-corrected chi connectivity index (χ4v) is 6.63. The molecule has 2 aliphatic carbocycles. The summed E-state index contributed by atoms with van der Waals surface area (Å²) in [4.78, 5) is 26.6. The SMILES string of the molecule is CC[C@@H](CO)[C@@H]1[C@](C)(C(=O)CCO)[C@H]2[C@H](C)C[C@@](C)(O)C[C@@H]2C(=O)[C@@]1(C)O. The largest absolute Gasteiger partial charge is 0.396 e. The number of carbonyl (C=O) groups is 2. The van der Waals surface area contributed by atoms with Crippen molar-refractivity contribution in [1.82, 2.24) is 0 Å². The molecule has 2 aliphatic rings. The van der Waals surface area contributed by atoms with Crippen molar-refractivity contribution in [2.75, 3.05) is 13.2 Å². The topological polar surface area (TPSA) is 115 Å². The Bertz CT molecular complexity index is 579. The van der Waals surface area contributed by atoms with Crippen LogP contribution in [0.2, 0.25) is 0 Å². The van der Waals surface area contributed by atoms with Crippen molar-refractivity contribution >= 4 is 11.6 Å². The summed E-state index contributed by atoms with van der Waals surface area (Å²) >= 11 is 0. The highest BCUT2D eigenvalue weighted by Crippen LogP contribution is 2.61. The van der Waals surface area contributed by atoms with Crippen molar-refractivity contribution in [3.63, 3.8) is 0 Å². The third-order valence-electron chi connectivity index (χ3n) is 7.42. The van der Waals surface area contributed by atoms with Gasteiger partial charge in [0.2, 0.25) is 0 Å². The van der Waals surface area contributed by atoms with E-state index in [9.17, 15) is 30.0 Å². The average molecular weight is 385 g/mol. The van der Waals surface area contributed by atoms with Crippen LogP contribution in [0.3, 0.4) is 0 Å². The molecule has 2 rings (SSSR count). The van der Waals surface area contributed by atoms with Crippen molar-refractivity contribution in [3.8, 4) is 0 Å². The Morgan fingerprint density at radius 1 is 1.19 bits per heavy atom. The van der Waals surface area contributed by atoms with Gasteiger partial charge >= 0.3 is 0 Å². The molecule has 8 atom stereocenters. The number of aliphatic hydroxyl groups is 4. The molecule has 27 heavy (non-hydrogen) atoms. The van der Waals surface area contributed by atoms with Crippen LogP contribution >= 0.6 is 0 Å². The fraction of sp³-hybridized carbons (Fsp3) is 0.905. The molecule has 156 valence electrons. The van der Waals surface area contributed by atoms with Gasteiger partial charge in [0.15, 0.2) is 5.78 Å². The smallest absolute Gasteiger partial charge is 0.167 e. The third-order valence-corrected chi connectivity index (χ3v) is 7.42.